The molecule has 0 bridgehead atoms. The number of carbonyl (C=O) groups excluding carboxylic acids is 1. The summed E-state index contributed by atoms with van der Waals surface area (Å²) < 4.78 is 0. The summed E-state index contributed by atoms with van der Waals surface area (Å²) in [6.07, 6.45) is 2.62. The first-order chi connectivity index (χ1) is 11.0. The average Bonchev–Trinajstić information content (AvgIpc) is 2.54. The molecule has 0 aromatic carbocycles. The van der Waals surface area contributed by atoms with E-state index in [1.54, 1.807) is 6.20 Å². The second kappa shape index (κ2) is 12.0. The molecule has 3 N–H and O–H groups in total. The summed E-state index contributed by atoms with van der Waals surface area (Å²) in [5.74, 6) is 0.744. The van der Waals surface area contributed by atoms with E-state index in [0.717, 1.165) is 31.2 Å². The molecule has 0 fully saturated rings. The van der Waals surface area contributed by atoms with Crippen molar-refractivity contribution in [2.24, 2.45) is 10.4 Å². The number of pyridine rings is 1. The minimum atomic E-state index is -0.528. The number of aliphatic imine (C=N–C) groups is 1. The third-order valence-corrected chi connectivity index (χ3v) is 3.33. The topological polar surface area (TPSA) is 78.4 Å². The van der Waals surface area contributed by atoms with Crippen molar-refractivity contribution in [2.45, 2.75) is 34.1 Å². The van der Waals surface area contributed by atoms with Crippen LogP contribution in [0.25, 0.3) is 0 Å². The fraction of sp³-hybridized carbons (Fsp3) is 0.588. The molecule has 0 saturated carbocycles. The number of carbonyl (C=O) groups is 1. The molecule has 1 aromatic rings. The number of guanidine groups is 1. The van der Waals surface area contributed by atoms with Crippen LogP contribution >= 0.6 is 24.0 Å². The van der Waals surface area contributed by atoms with E-state index >= 15 is 0 Å². The van der Waals surface area contributed by atoms with Crippen molar-refractivity contribution in [3.8, 4) is 0 Å². The van der Waals surface area contributed by atoms with Crippen molar-refractivity contribution < 1.29 is 4.79 Å². The first-order valence-corrected chi connectivity index (χ1v) is 8.20. The Bertz CT molecular complexity index is 505. The highest BCUT2D eigenvalue weighted by molar-refractivity contribution is 14.0. The van der Waals surface area contributed by atoms with Gasteiger partial charge in [0, 0.05) is 37.9 Å². The molecule has 0 aliphatic heterocycles. The van der Waals surface area contributed by atoms with E-state index < -0.39 is 5.41 Å². The molecule has 0 aliphatic carbocycles. The van der Waals surface area contributed by atoms with E-state index in [9.17, 15) is 4.79 Å². The van der Waals surface area contributed by atoms with Crippen LogP contribution in [-0.4, -0.2) is 43.0 Å². The van der Waals surface area contributed by atoms with E-state index in [1.165, 1.54) is 0 Å². The zero-order valence-electron chi connectivity index (χ0n) is 15.1. The lowest BCUT2D eigenvalue weighted by Crippen LogP contribution is -2.42. The molecule has 0 radical (unpaired) electrons. The summed E-state index contributed by atoms with van der Waals surface area (Å²) in [5, 5.41) is 9.33. The van der Waals surface area contributed by atoms with Gasteiger partial charge < -0.3 is 16.0 Å². The molecule has 0 spiro atoms. The van der Waals surface area contributed by atoms with Crippen molar-refractivity contribution in [3.63, 3.8) is 0 Å². The SMILES string of the molecule is CCNC(=O)C(C)(C)CN=C(NCC)NCCc1ccccn1.I. The van der Waals surface area contributed by atoms with Crippen molar-refractivity contribution >= 4 is 35.8 Å². The lowest BCUT2D eigenvalue weighted by molar-refractivity contribution is -0.128. The fourth-order valence-electron chi connectivity index (χ4n) is 1.95. The molecule has 0 aliphatic rings. The molecule has 6 nitrogen and oxygen atoms in total. The van der Waals surface area contributed by atoms with Crippen molar-refractivity contribution in [2.75, 3.05) is 26.2 Å². The van der Waals surface area contributed by atoms with Crippen LogP contribution in [0.3, 0.4) is 0 Å². The van der Waals surface area contributed by atoms with Gasteiger partial charge in [-0.05, 0) is 39.8 Å². The fourth-order valence-corrected chi connectivity index (χ4v) is 1.95. The van der Waals surface area contributed by atoms with Gasteiger partial charge in [0.05, 0.1) is 12.0 Å². The number of nitrogens with one attached hydrogen (secondary N) is 3. The van der Waals surface area contributed by atoms with Gasteiger partial charge in [-0.25, -0.2) is 0 Å². The Kier molecular flexibility index (Phi) is 11.4. The van der Waals surface area contributed by atoms with Gasteiger partial charge in [-0.3, -0.25) is 14.8 Å². The Morgan fingerprint density at radius 3 is 2.46 bits per heavy atom. The van der Waals surface area contributed by atoms with Gasteiger partial charge in [-0.2, -0.15) is 0 Å². The van der Waals surface area contributed by atoms with Crippen LogP contribution in [0.4, 0.5) is 0 Å². The second-order valence-electron chi connectivity index (χ2n) is 5.94. The highest BCUT2D eigenvalue weighted by Gasteiger charge is 2.26. The molecule has 0 unspecified atom stereocenters. The van der Waals surface area contributed by atoms with E-state index in [-0.39, 0.29) is 29.9 Å². The summed E-state index contributed by atoms with van der Waals surface area (Å²) >= 11 is 0. The van der Waals surface area contributed by atoms with Crippen molar-refractivity contribution in [1.82, 2.24) is 20.9 Å². The average molecular weight is 447 g/mol. The molecule has 7 heteroatoms. The number of aromatic nitrogens is 1. The molecule has 1 heterocycles. The third kappa shape index (κ3) is 8.47. The molecule has 1 aromatic heterocycles. The smallest absolute Gasteiger partial charge is 0.227 e. The molecule has 1 amide bonds. The van der Waals surface area contributed by atoms with E-state index in [2.05, 4.69) is 25.9 Å². The molecule has 0 atom stereocenters. The number of rotatable bonds is 8. The lowest BCUT2D eigenvalue weighted by atomic mass is 9.92. The first-order valence-electron chi connectivity index (χ1n) is 8.20. The summed E-state index contributed by atoms with van der Waals surface area (Å²) in [7, 11) is 0. The zero-order chi connectivity index (χ0) is 17.1. The highest BCUT2D eigenvalue weighted by Crippen LogP contribution is 2.15. The third-order valence-electron chi connectivity index (χ3n) is 3.33. The maximum Gasteiger partial charge on any atom is 0.227 e. The Balaban J connectivity index is 0.00000529. The van der Waals surface area contributed by atoms with Crippen LogP contribution in [0.2, 0.25) is 0 Å². The van der Waals surface area contributed by atoms with Gasteiger partial charge in [-0.15, -0.1) is 24.0 Å². The van der Waals surface area contributed by atoms with Crippen LogP contribution in [-0.2, 0) is 11.2 Å². The molecular weight excluding hydrogens is 417 g/mol. The molecule has 136 valence electrons. The van der Waals surface area contributed by atoms with Crippen LogP contribution in [0, 0.1) is 5.41 Å². The maximum atomic E-state index is 12.0. The summed E-state index contributed by atoms with van der Waals surface area (Å²) in [6, 6.07) is 5.90. The predicted octanol–water partition coefficient (Wildman–Crippen LogP) is 1.96. The van der Waals surface area contributed by atoms with Crippen LogP contribution in [0.1, 0.15) is 33.4 Å². The van der Waals surface area contributed by atoms with Crippen molar-refractivity contribution in [3.05, 3.63) is 30.1 Å². The Hall–Kier alpha value is -1.38. The number of nitrogens with zero attached hydrogens (tertiary/aromatic N) is 2. The van der Waals surface area contributed by atoms with Gasteiger partial charge in [0.1, 0.15) is 0 Å². The maximum absolute atomic E-state index is 12.0. The molecular formula is C17H30IN5O. The normalized spacial score (nSPS) is 11.4. The standard InChI is InChI=1S/C17H29N5O.HI/c1-5-18-15(23)17(3,4)13-22-16(19-6-2)21-12-10-14-9-7-8-11-20-14;/h7-9,11H,5-6,10,12-13H2,1-4H3,(H,18,23)(H2,19,21,22);1H. The van der Waals surface area contributed by atoms with Crippen LogP contribution in [0.15, 0.2) is 29.4 Å². The monoisotopic (exact) mass is 447 g/mol. The van der Waals surface area contributed by atoms with Gasteiger partial charge in [0.2, 0.25) is 5.91 Å². The van der Waals surface area contributed by atoms with Crippen LogP contribution in [0.5, 0.6) is 0 Å². The van der Waals surface area contributed by atoms with E-state index in [0.29, 0.717) is 13.1 Å². The number of halogens is 1. The zero-order valence-corrected chi connectivity index (χ0v) is 17.4. The van der Waals surface area contributed by atoms with Gasteiger partial charge in [-0.1, -0.05) is 6.07 Å². The predicted molar refractivity (Wildman–Crippen MR) is 110 cm³/mol. The quantitative estimate of drug-likeness (QED) is 0.324. The number of hydrogen-bond donors (Lipinski definition) is 3. The Morgan fingerprint density at radius 2 is 1.88 bits per heavy atom. The minimum Gasteiger partial charge on any atom is -0.357 e. The van der Waals surface area contributed by atoms with Gasteiger partial charge >= 0.3 is 0 Å². The molecule has 0 saturated heterocycles. The van der Waals surface area contributed by atoms with Gasteiger partial charge in [0.25, 0.3) is 0 Å². The minimum absolute atomic E-state index is 0. The van der Waals surface area contributed by atoms with Gasteiger partial charge in [0.15, 0.2) is 5.96 Å². The molecule has 1 rings (SSSR count). The largest absolute Gasteiger partial charge is 0.357 e. The number of hydrogen-bond acceptors (Lipinski definition) is 3. The van der Waals surface area contributed by atoms with Crippen LogP contribution < -0.4 is 16.0 Å². The van der Waals surface area contributed by atoms with E-state index in [4.69, 9.17) is 0 Å². The summed E-state index contributed by atoms with van der Waals surface area (Å²) in [6.45, 7) is 10.3. The molecule has 24 heavy (non-hydrogen) atoms. The summed E-state index contributed by atoms with van der Waals surface area (Å²) in [4.78, 5) is 20.8. The lowest BCUT2D eigenvalue weighted by Gasteiger charge is -2.22. The summed E-state index contributed by atoms with van der Waals surface area (Å²) in [5.41, 5.74) is 0.512. The highest BCUT2D eigenvalue weighted by atomic mass is 127. The first kappa shape index (κ1) is 22.6. The van der Waals surface area contributed by atoms with E-state index in [1.807, 2.05) is 45.9 Å². The number of amides is 1. The van der Waals surface area contributed by atoms with Crippen molar-refractivity contribution in [1.29, 1.82) is 0 Å². The Morgan fingerprint density at radius 1 is 1.17 bits per heavy atom. The second-order valence-corrected chi connectivity index (χ2v) is 5.94. The Labute approximate surface area is 162 Å².